The van der Waals surface area contributed by atoms with Crippen LogP contribution in [0.15, 0.2) is 12.1 Å². The Morgan fingerprint density at radius 1 is 1.29 bits per heavy atom. The van der Waals surface area contributed by atoms with E-state index < -0.39 is 23.5 Å². The lowest BCUT2D eigenvalue weighted by Crippen LogP contribution is -2.35. The van der Waals surface area contributed by atoms with E-state index in [4.69, 9.17) is 5.84 Å². The van der Waals surface area contributed by atoms with Crippen molar-refractivity contribution in [2.24, 2.45) is 5.84 Å². The first-order chi connectivity index (χ1) is 8.15. The standard InChI is InChI=1S/C11H13F3N2S/c12-7-4-3-6(9(13)10(7)14)11(16-15)8-2-1-5-17-8/h3-4,8,11,16H,1-2,5,15H2. The summed E-state index contributed by atoms with van der Waals surface area (Å²) in [7, 11) is 0. The highest BCUT2D eigenvalue weighted by Gasteiger charge is 2.29. The Kier molecular flexibility index (Phi) is 3.96. The molecule has 1 saturated heterocycles. The number of benzene rings is 1. The molecule has 1 heterocycles. The van der Waals surface area contributed by atoms with Crippen LogP contribution in [0.25, 0.3) is 0 Å². The third-order valence-electron chi connectivity index (χ3n) is 2.92. The van der Waals surface area contributed by atoms with E-state index in [0.717, 1.165) is 24.7 Å². The summed E-state index contributed by atoms with van der Waals surface area (Å²) in [6.45, 7) is 0. The molecular formula is C11H13F3N2S. The second-order valence-electron chi connectivity index (χ2n) is 3.96. The fraction of sp³-hybridized carbons (Fsp3) is 0.455. The van der Waals surface area contributed by atoms with Crippen LogP contribution in [0, 0.1) is 17.5 Å². The molecule has 2 atom stereocenters. The molecular weight excluding hydrogens is 249 g/mol. The Balaban J connectivity index is 2.33. The van der Waals surface area contributed by atoms with Crippen molar-refractivity contribution >= 4 is 11.8 Å². The molecule has 1 fully saturated rings. The lowest BCUT2D eigenvalue weighted by molar-refractivity contribution is 0.421. The summed E-state index contributed by atoms with van der Waals surface area (Å²) in [5, 5.41) is 0.0966. The first kappa shape index (κ1) is 12.7. The van der Waals surface area contributed by atoms with Gasteiger partial charge in [0.15, 0.2) is 17.5 Å². The number of hydrazine groups is 1. The van der Waals surface area contributed by atoms with Gasteiger partial charge in [0.25, 0.3) is 0 Å². The van der Waals surface area contributed by atoms with Gasteiger partial charge in [0, 0.05) is 10.8 Å². The van der Waals surface area contributed by atoms with Crippen LogP contribution in [-0.2, 0) is 0 Å². The molecule has 17 heavy (non-hydrogen) atoms. The first-order valence-corrected chi connectivity index (χ1v) is 6.41. The number of halogens is 3. The van der Waals surface area contributed by atoms with E-state index in [0.29, 0.717) is 0 Å². The predicted octanol–water partition coefficient (Wildman–Crippen LogP) is 2.50. The van der Waals surface area contributed by atoms with E-state index in [9.17, 15) is 13.2 Å². The number of nitrogens with two attached hydrogens (primary N) is 1. The van der Waals surface area contributed by atoms with E-state index in [1.165, 1.54) is 6.07 Å². The summed E-state index contributed by atoms with van der Waals surface area (Å²) < 4.78 is 39.6. The molecule has 2 rings (SSSR count). The van der Waals surface area contributed by atoms with Crippen LogP contribution in [-0.4, -0.2) is 11.0 Å². The zero-order valence-corrected chi connectivity index (χ0v) is 9.87. The van der Waals surface area contributed by atoms with E-state index in [1.807, 2.05) is 0 Å². The topological polar surface area (TPSA) is 38.0 Å². The highest BCUT2D eigenvalue weighted by atomic mass is 32.2. The summed E-state index contributed by atoms with van der Waals surface area (Å²) in [6, 6.07) is 1.69. The molecule has 0 spiro atoms. The summed E-state index contributed by atoms with van der Waals surface area (Å²) >= 11 is 1.66. The van der Waals surface area contributed by atoms with Gasteiger partial charge in [-0.15, -0.1) is 0 Å². The molecule has 1 aromatic carbocycles. The summed E-state index contributed by atoms with van der Waals surface area (Å²) in [4.78, 5) is 0. The van der Waals surface area contributed by atoms with Crippen LogP contribution in [0.5, 0.6) is 0 Å². The molecule has 3 N–H and O–H groups in total. The van der Waals surface area contributed by atoms with Gasteiger partial charge in [0.1, 0.15) is 0 Å². The highest BCUT2D eigenvalue weighted by Crippen LogP contribution is 2.36. The quantitative estimate of drug-likeness (QED) is 0.499. The SMILES string of the molecule is NNC(c1ccc(F)c(F)c1F)C1CCCS1. The molecule has 1 aromatic rings. The number of nitrogens with one attached hydrogen (secondary N) is 1. The summed E-state index contributed by atoms with van der Waals surface area (Å²) in [6.07, 6.45) is 1.91. The largest absolute Gasteiger partial charge is 0.271 e. The minimum Gasteiger partial charge on any atom is -0.271 e. The minimum absolute atomic E-state index is 0.0887. The average molecular weight is 262 g/mol. The van der Waals surface area contributed by atoms with E-state index in [1.54, 1.807) is 11.8 Å². The highest BCUT2D eigenvalue weighted by molar-refractivity contribution is 8.00. The predicted molar refractivity (Wildman–Crippen MR) is 61.9 cm³/mol. The van der Waals surface area contributed by atoms with Crippen LogP contribution in [0.3, 0.4) is 0 Å². The monoisotopic (exact) mass is 262 g/mol. The molecule has 6 heteroatoms. The molecule has 0 saturated carbocycles. The molecule has 94 valence electrons. The maximum Gasteiger partial charge on any atom is 0.194 e. The van der Waals surface area contributed by atoms with Crippen LogP contribution in [0.2, 0.25) is 0 Å². The van der Waals surface area contributed by atoms with Crippen molar-refractivity contribution in [3.63, 3.8) is 0 Å². The molecule has 2 nitrogen and oxygen atoms in total. The molecule has 0 amide bonds. The fourth-order valence-corrected chi connectivity index (χ4v) is 3.43. The third kappa shape index (κ3) is 2.43. The van der Waals surface area contributed by atoms with Gasteiger partial charge in [-0.25, -0.2) is 13.2 Å². The number of thioether (sulfide) groups is 1. The Morgan fingerprint density at radius 2 is 2.06 bits per heavy atom. The zero-order chi connectivity index (χ0) is 12.4. The summed E-state index contributed by atoms with van der Waals surface area (Å²) in [5.41, 5.74) is 2.59. The lowest BCUT2D eigenvalue weighted by Gasteiger charge is -2.22. The van der Waals surface area contributed by atoms with Gasteiger partial charge in [-0.05, 0) is 24.7 Å². The molecule has 0 aromatic heterocycles. The van der Waals surface area contributed by atoms with Gasteiger partial charge in [-0.1, -0.05) is 6.07 Å². The van der Waals surface area contributed by atoms with Crippen LogP contribution >= 0.6 is 11.8 Å². The normalized spacial score (nSPS) is 21.8. The van der Waals surface area contributed by atoms with Crippen molar-refractivity contribution in [1.82, 2.24) is 5.43 Å². The number of rotatable bonds is 3. The second kappa shape index (κ2) is 5.29. The van der Waals surface area contributed by atoms with Gasteiger partial charge in [0.2, 0.25) is 0 Å². The van der Waals surface area contributed by atoms with Gasteiger partial charge < -0.3 is 0 Å². The molecule has 0 aliphatic carbocycles. The van der Waals surface area contributed by atoms with Gasteiger partial charge in [0.05, 0.1) is 6.04 Å². The fourth-order valence-electron chi connectivity index (χ4n) is 2.04. The van der Waals surface area contributed by atoms with Gasteiger partial charge in [-0.2, -0.15) is 11.8 Å². The van der Waals surface area contributed by atoms with E-state index >= 15 is 0 Å². The van der Waals surface area contributed by atoms with Crippen LogP contribution < -0.4 is 11.3 Å². The third-order valence-corrected chi connectivity index (χ3v) is 4.38. The van der Waals surface area contributed by atoms with Crippen molar-refractivity contribution in [2.75, 3.05) is 5.75 Å². The minimum atomic E-state index is -1.44. The van der Waals surface area contributed by atoms with E-state index in [2.05, 4.69) is 5.43 Å². The smallest absolute Gasteiger partial charge is 0.194 e. The Labute approximate surface area is 102 Å². The first-order valence-electron chi connectivity index (χ1n) is 5.36. The molecule has 1 aliphatic rings. The van der Waals surface area contributed by atoms with Crippen molar-refractivity contribution in [3.05, 3.63) is 35.1 Å². The summed E-state index contributed by atoms with van der Waals surface area (Å²) in [5.74, 6) is 2.60. The Morgan fingerprint density at radius 3 is 2.65 bits per heavy atom. The zero-order valence-electron chi connectivity index (χ0n) is 9.05. The number of hydrogen-bond donors (Lipinski definition) is 2. The Hall–Kier alpha value is -0.720. The maximum absolute atomic E-state index is 13.6. The molecule has 0 bridgehead atoms. The van der Waals surface area contributed by atoms with E-state index in [-0.39, 0.29) is 10.8 Å². The second-order valence-corrected chi connectivity index (χ2v) is 5.31. The molecule has 2 unspecified atom stereocenters. The molecule has 0 radical (unpaired) electrons. The van der Waals surface area contributed by atoms with Crippen molar-refractivity contribution in [3.8, 4) is 0 Å². The van der Waals surface area contributed by atoms with Crippen molar-refractivity contribution < 1.29 is 13.2 Å². The van der Waals surface area contributed by atoms with Gasteiger partial charge >= 0.3 is 0 Å². The molecule has 1 aliphatic heterocycles. The van der Waals surface area contributed by atoms with Crippen molar-refractivity contribution in [1.29, 1.82) is 0 Å². The van der Waals surface area contributed by atoms with Crippen LogP contribution in [0.4, 0.5) is 13.2 Å². The Bertz CT molecular complexity index is 408. The lowest BCUT2D eigenvalue weighted by atomic mass is 10.0. The van der Waals surface area contributed by atoms with Gasteiger partial charge in [-0.3, -0.25) is 11.3 Å². The van der Waals surface area contributed by atoms with Crippen LogP contribution in [0.1, 0.15) is 24.4 Å². The maximum atomic E-state index is 13.6. The van der Waals surface area contributed by atoms with Crippen molar-refractivity contribution in [2.45, 2.75) is 24.1 Å². The average Bonchev–Trinajstić information content (AvgIpc) is 2.84. The number of hydrogen-bond acceptors (Lipinski definition) is 3.